The molecule has 0 radical (unpaired) electrons. The van der Waals surface area contributed by atoms with Crippen molar-refractivity contribution in [1.29, 1.82) is 0 Å². The molecule has 3 amide bonds. The average molecular weight is 343 g/mol. The maximum absolute atomic E-state index is 12.9. The van der Waals surface area contributed by atoms with E-state index in [1.54, 1.807) is 16.7 Å². The van der Waals surface area contributed by atoms with Gasteiger partial charge in [-0.15, -0.1) is 0 Å². The molecule has 25 heavy (non-hydrogen) atoms. The quantitative estimate of drug-likeness (QED) is 0.790. The van der Waals surface area contributed by atoms with Crippen molar-refractivity contribution in [3.63, 3.8) is 0 Å². The number of amides is 3. The van der Waals surface area contributed by atoms with E-state index in [9.17, 15) is 14.4 Å². The number of ether oxygens (including phenoxy) is 1. The van der Waals surface area contributed by atoms with Crippen LogP contribution >= 0.6 is 0 Å². The minimum Gasteiger partial charge on any atom is -0.490 e. The maximum atomic E-state index is 12.9. The number of para-hydroxylation sites is 2. The van der Waals surface area contributed by atoms with Crippen LogP contribution in [-0.4, -0.2) is 65.8 Å². The SMILES string of the molecule is C[C@H]1C(=O)N2CCC[C@@H]2C(=O)N1CC(=O)N1CCOc2ccccc21. The van der Waals surface area contributed by atoms with Gasteiger partial charge < -0.3 is 19.4 Å². The van der Waals surface area contributed by atoms with E-state index in [2.05, 4.69) is 0 Å². The zero-order chi connectivity index (χ0) is 17.6. The molecule has 132 valence electrons. The number of hydrogen-bond acceptors (Lipinski definition) is 4. The molecular formula is C18H21N3O4. The standard InChI is InChI=1S/C18H21N3O4/c1-12-17(23)20-8-4-6-14(20)18(24)21(12)11-16(22)19-9-10-25-15-7-3-2-5-13(15)19/h2-3,5,7,12,14H,4,6,8-11H2,1H3/t12-,14+/m0/s1. The third-order valence-corrected chi connectivity index (χ3v) is 5.26. The van der Waals surface area contributed by atoms with Crippen molar-refractivity contribution in [2.75, 3.05) is 31.1 Å². The van der Waals surface area contributed by atoms with Crippen molar-refractivity contribution in [3.05, 3.63) is 24.3 Å². The summed E-state index contributed by atoms with van der Waals surface area (Å²) in [7, 11) is 0. The second-order valence-corrected chi connectivity index (χ2v) is 6.69. The Labute approximate surface area is 146 Å². The van der Waals surface area contributed by atoms with Gasteiger partial charge in [-0.05, 0) is 31.9 Å². The summed E-state index contributed by atoms with van der Waals surface area (Å²) >= 11 is 0. The monoisotopic (exact) mass is 343 g/mol. The first kappa shape index (κ1) is 15.9. The van der Waals surface area contributed by atoms with Gasteiger partial charge in [-0.1, -0.05) is 12.1 Å². The zero-order valence-corrected chi connectivity index (χ0v) is 14.2. The molecule has 1 aromatic carbocycles. The van der Waals surface area contributed by atoms with E-state index in [1.165, 1.54) is 4.90 Å². The summed E-state index contributed by atoms with van der Waals surface area (Å²) in [5, 5.41) is 0. The van der Waals surface area contributed by atoms with Crippen LogP contribution in [0.25, 0.3) is 0 Å². The van der Waals surface area contributed by atoms with Crippen molar-refractivity contribution >= 4 is 23.4 Å². The van der Waals surface area contributed by atoms with Crippen LogP contribution < -0.4 is 9.64 Å². The number of hydrogen-bond donors (Lipinski definition) is 0. The highest BCUT2D eigenvalue weighted by molar-refractivity contribution is 6.02. The fourth-order valence-corrected chi connectivity index (χ4v) is 3.92. The number of rotatable bonds is 2. The first-order valence-electron chi connectivity index (χ1n) is 8.71. The van der Waals surface area contributed by atoms with Crippen molar-refractivity contribution in [2.24, 2.45) is 0 Å². The Morgan fingerprint density at radius 1 is 1.20 bits per heavy atom. The van der Waals surface area contributed by atoms with Gasteiger partial charge in [0.2, 0.25) is 17.7 Å². The number of nitrogens with zero attached hydrogens (tertiary/aromatic N) is 3. The molecule has 0 spiro atoms. The molecule has 0 N–H and O–H groups in total. The lowest BCUT2D eigenvalue weighted by Crippen LogP contribution is -2.63. The normalized spacial score (nSPS) is 25.6. The highest BCUT2D eigenvalue weighted by Gasteiger charge is 2.46. The lowest BCUT2D eigenvalue weighted by Gasteiger charge is -2.41. The molecule has 0 aliphatic carbocycles. The van der Waals surface area contributed by atoms with Crippen LogP contribution in [0.15, 0.2) is 24.3 Å². The van der Waals surface area contributed by atoms with Gasteiger partial charge in [0, 0.05) is 6.54 Å². The van der Waals surface area contributed by atoms with E-state index >= 15 is 0 Å². The van der Waals surface area contributed by atoms with E-state index in [4.69, 9.17) is 4.74 Å². The lowest BCUT2D eigenvalue weighted by molar-refractivity contribution is -0.159. The molecule has 2 atom stereocenters. The van der Waals surface area contributed by atoms with Crippen molar-refractivity contribution in [1.82, 2.24) is 9.80 Å². The summed E-state index contributed by atoms with van der Waals surface area (Å²) in [4.78, 5) is 42.9. The van der Waals surface area contributed by atoms with Crippen molar-refractivity contribution < 1.29 is 19.1 Å². The van der Waals surface area contributed by atoms with E-state index in [-0.39, 0.29) is 24.3 Å². The average Bonchev–Trinajstić information content (AvgIpc) is 3.13. The number of carbonyl (C=O) groups excluding carboxylic acids is 3. The van der Waals surface area contributed by atoms with Crippen LogP contribution in [0, 0.1) is 0 Å². The highest BCUT2D eigenvalue weighted by atomic mass is 16.5. The number of benzene rings is 1. The first-order valence-corrected chi connectivity index (χ1v) is 8.71. The largest absolute Gasteiger partial charge is 0.490 e. The summed E-state index contributed by atoms with van der Waals surface area (Å²) < 4.78 is 5.57. The van der Waals surface area contributed by atoms with Crippen LogP contribution in [-0.2, 0) is 14.4 Å². The smallest absolute Gasteiger partial charge is 0.246 e. The van der Waals surface area contributed by atoms with Gasteiger partial charge in [0.05, 0.1) is 12.2 Å². The van der Waals surface area contributed by atoms with E-state index in [0.29, 0.717) is 37.6 Å². The second kappa shape index (κ2) is 6.06. The Balaban J connectivity index is 1.55. The molecule has 0 unspecified atom stereocenters. The second-order valence-electron chi connectivity index (χ2n) is 6.69. The predicted octanol–water partition coefficient (Wildman–Crippen LogP) is 0.634. The lowest BCUT2D eigenvalue weighted by atomic mass is 10.1. The third-order valence-electron chi connectivity index (χ3n) is 5.26. The molecule has 1 aromatic rings. The number of piperazine rings is 1. The van der Waals surface area contributed by atoms with Gasteiger partial charge >= 0.3 is 0 Å². The van der Waals surface area contributed by atoms with Crippen LogP contribution in [0.5, 0.6) is 5.75 Å². The van der Waals surface area contributed by atoms with Gasteiger partial charge in [0.15, 0.2) is 0 Å². The van der Waals surface area contributed by atoms with E-state index in [0.717, 1.165) is 6.42 Å². The molecule has 0 bridgehead atoms. The van der Waals surface area contributed by atoms with Crippen LogP contribution in [0.3, 0.4) is 0 Å². The number of anilines is 1. The fraction of sp³-hybridized carbons (Fsp3) is 0.500. The summed E-state index contributed by atoms with van der Waals surface area (Å²) in [5.41, 5.74) is 0.713. The Morgan fingerprint density at radius 2 is 2.00 bits per heavy atom. The molecule has 4 rings (SSSR count). The summed E-state index contributed by atoms with van der Waals surface area (Å²) in [6.07, 6.45) is 1.52. The van der Waals surface area contributed by atoms with Gasteiger partial charge in [0.1, 0.15) is 31.0 Å². The summed E-state index contributed by atoms with van der Waals surface area (Å²) in [5.74, 6) is 0.310. The molecule has 7 heteroatoms. The van der Waals surface area contributed by atoms with Gasteiger partial charge in [-0.2, -0.15) is 0 Å². The summed E-state index contributed by atoms with van der Waals surface area (Å²) in [6.45, 7) is 3.12. The Morgan fingerprint density at radius 3 is 2.84 bits per heavy atom. The van der Waals surface area contributed by atoms with Crippen LogP contribution in [0.2, 0.25) is 0 Å². The van der Waals surface area contributed by atoms with Crippen molar-refractivity contribution in [3.8, 4) is 5.75 Å². The fourth-order valence-electron chi connectivity index (χ4n) is 3.92. The first-order chi connectivity index (χ1) is 12.1. The van der Waals surface area contributed by atoms with E-state index < -0.39 is 12.1 Å². The van der Waals surface area contributed by atoms with Crippen molar-refractivity contribution in [2.45, 2.75) is 31.8 Å². The minimum absolute atomic E-state index is 0.0581. The molecular weight excluding hydrogens is 322 g/mol. The Kier molecular flexibility index (Phi) is 3.86. The minimum atomic E-state index is -0.595. The molecule has 7 nitrogen and oxygen atoms in total. The van der Waals surface area contributed by atoms with Gasteiger partial charge in [0.25, 0.3) is 0 Å². The van der Waals surface area contributed by atoms with Gasteiger partial charge in [-0.25, -0.2) is 0 Å². The molecule has 0 saturated carbocycles. The highest BCUT2D eigenvalue weighted by Crippen LogP contribution is 2.32. The molecule has 2 fully saturated rings. The molecule has 2 saturated heterocycles. The molecule has 3 aliphatic heterocycles. The molecule has 0 aromatic heterocycles. The Hall–Kier alpha value is -2.57. The topological polar surface area (TPSA) is 70.2 Å². The number of carbonyl (C=O) groups is 3. The number of fused-ring (bicyclic) bond motifs is 2. The third kappa shape index (κ3) is 2.54. The van der Waals surface area contributed by atoms with Gasteiger partial charge in [-0.3, -0.25) is 14.4 Å². The predicted molar refractivity (Wildman–Crippen MR) is 90.2 cm³/mol. The molecule has 3 aliphatic rings. The van der Waals surface area contributed by atoms with Crippen LogP contribution in [0.4, 0.5) is 5.69 Å². The zero-order valence-electron chi connectivity index (χ0n) is 14.2. The summed E-state index contributed by atoms with van der Waals surface area (Å²) in [6, 6.07) is 6.37. The van der Waals surface area contributed by atoms with E-state index in [1.807, 2.05) is 24.3 Å². The Bertz CT molecular complexity index is 735. The van der Waals surface area contributed by atoms with Crippen LogP contribution in [0.1, 0.15) is 19.8 Å². The maximum Gasteiger partial charge on any atom is 0.246 e. The molecule has 3 heterocycles.